The molecule has 218 valence electrons. The molecule has 4 heterocycles. The quantitative estimate of drug-likeness (QED) is 0.0980. The van der Waals surface area contributed by atoms with Crippen molar-refractivity contribution in [3.05, 3.63) is 72.2 Å². The van der Waals surface area contributed by atoms with E-state index in [4.69, 9.17) is 25.8 Å². The van der Waals surface area contributed by atoms with Crippen molar-refractivity contribution in [1.82, 2.24) is 24.5 Å². The van der Waals surface area contributed by atoms with Crippen LogP contribution < -0.4 is 9.47 Å². The molecule has 0 unspecified atom stereocenters. The van der Waals surface area contributed by atoms with Crippen LogP contribution in [0.2, 0.25) is 30.8 Å². The molecule has 0 aliphatic heterocycles. The highest BCUT2D eigenvalue weighted by molar-refractivity contribution is 6.76. The molecule has 1 aliphatic carbocycles. The molecule has 11 heteroatoms. The van der Waals surface area contributed by atoms with Gasteiger partial charge in [0, 0.05) is 38.0 Å². The molecule has 0 atom stereocenters. The Morgan fingerprint density at radius 1 is 1.02 bits per heavy atom. The number of aliphatic hydroxyl groups is 1. The Kier molecular flexibility index (Phi) is 7.88. The van der Waals surface area contributed by atoms with Crippen molar-refractivity contribution >= 4 is 41.6 Å². The van der Waals surface area contributed by atoms with Crippen LogP contribution in [0.1, 0.15) is 18.4 Å². The summed E-state index contributed by atoms with van der Waals surface area (Å²) in [6.07, 6.45) is 10.3. The van der Waals surface area contributed by atoms with Crippen molar-refractivity contribution < 1.29 is 19.3 Å². The molecule has 0 spiro atoms. The van der Waals surface area contributed by atoms with Crippen molar-refractivity contribution in [3.8, 4) is 22.6 Å². The van der Waals surface area contributed by atoms with Crippen LogP contribution in [0.3, 0.4) is 0 Å². The van der Waals surface area contributed by atoms with Gasteiger partial charge < -0.3 is 23.9 Å². The molecule has 1 N–H and O–H groups in total. The number of hydrogen-bond acceptors (Lipinski definition) is 8. The topological polar surface area (TPSA) is 104 Å². The lowest BCUT2D eigenvalue weighted by atomic mass is 10.0. The van der Waals surface area contributed by atoms with E-state index < -0.39 is 13.7 Å². The van der Waals surface area contributed by atoms with E-state index in [1.165, 1.54) is 6.33 Å². The van der Waals surface area contributed by atoms with Crippen LogP contribution in [0, 0.1) is 0 Å². The Labute approximate surface area is 250 Å². The van der Waals surface area contributed by atoms with E-state index in [1.54, 1.807) is 24.7 Å². The third kappa shape index (κ3) is 6.41. The minimum atomic E-state index is -1.19. The highest BCUT2D eigenvalue weighted by Gasteiger charge is 2.46. The molecule has 9 nitrogen and oxygen atoms in total. The second kappa shape index (κ2) is 11.6. The fraction of sp³-hybridized carbons (Fsp3) is 0.355. The number of benzene rings is 1. The minimum Gasteiger partial charge on any atom is -0.488 e. The minimum absolute atomic E-state index is 0.0787. The van der Waals surface area contributed by atoms with Crippen LogP contribution in [0.5, 0.6) is 11.5 Å². The molecule has 1 saturated carbocycles. The summed E-state index contributed by atoms with van der Waals surface area (Å²) in [7, 11) is -1.19. The molecule has 0 bridgehead atoms. The molecule has 1 fully saturated rings. The number of rotatable bonds is 12. The highest BCUT2D eigenvalue weighted by atomic mass is 35.5. The predicted octanol–water partition coefficient (Wildman–Crippen LogP) is 6.49. The second-order valence-electron chi connectivity index (χ2n) is 12.1. The van der Waals surface area contributed by atoms with Gasteiger partial charge in [0.1, 0.15) is 47.6 Å². The van der Waals surface area contributed by atoms with E-state index in [0.717, 1.165) is 51.9 Å². The number of nitrogens with zero attached hydrogens (tertiary/aromatic N) is 5. The Balaban J connectivity index is 1.22. The van der Waals surface area contributed by atoms with E-state index in [1.807, 2.05) is 29.0 Å². The van der Waals surface area contributed by atoms with Gasteiger partial charge in [0.05, 0.1) is 29.9 Å². The summed E-state index contributed by atoms with van der Waals surface area (Å²) in [4.78, 5) is 17.5. The molecule has 1 aliphatic rings. The van der Waals surface area contributed by atoms with Crippen molar-refractivity contribution in [2.75, 3.05) is 13.2 Å². The maximum atomic E-state index is 9.40. The molecule has 0 amide bonds. The SMILES string of the molecule is C[Si](C)(C)CCOCn1cc(-c2ccc3ncc(OCC4(Oc5cncc(CO)c5)CC4)cc3c2)c2c(Cl)ncnc21. The van der Waals surface area contributed by atoms with Gasteiger partial charge in [-0.15, -0.1) is 0 Å². The maximum absolute atomic E-state index is 9.40. The number of halogens is 1. The lowest BCUT2D eigenvalue weighted by molar-refractivity contribution is 0.0899. The van der Waals surface area contributed by atoms with E-state index in [-0.39, 0.29) is 6.61 Å². The molecule has 42 heavy (non-hydrogen) atoms. The zero-order valence-electron chi connectivity index (χ0n) is 24.0. The third-order valence-electron chi connectivity index (χ3n) is 7.40. The second-order valence-corrected chi connectivity index (χ2v) is 18.0. The zero-order chi connectivity index (χ0) is 29.3. The molecular formula is C31H34ClN5O4Si. The van der Waals surface area contributed by atoms with Gasteiger partial charge in [-0.05, 0) is 54.3 Å². The average molecular weight is 604 g/mol. The van der Waals surface area contributed by atoms with Gasteiger partial charge in [-0.2, -0.15) is 0 Å². The maximum Gasteiger partial charge on any atom is 0.147 e. The first-order valence-electron chi connectivity index (χ1n) is 14.1. The number of ether oxygens (including phenoxy) is 3. The van der Waals surface area contributed by atoms with Crippen molar-refractivity contribution in [1.29, 1.82) is 0 Å². The monoisotopic (exact) mass is 603 g/mol. The summed E-state index contributed by atoms with van der Waals surface area (Å²) in [5, 5.41) is 11.5. The smallest absolute Gasteiger partial charge is 0.147 e. The lowest BCUT2D eigenvalue weighted by Gasteiger charge is -2.19. The third-order valence-corrected chi connectivity index (χ3v) is 9.39. The predicted molar refractivity (Wildman–Crippen MR) is 166 cm³/mol. The summed E-state index contributed by atoms with van der Waals surface area (Å²) in [5.41, 5.74) is 3.81. The van der Waals surface area contributed by atoms with Gasteiger partial charge in [-0.3, -0.25) is 9.97 Å². The first-order chi connectivity index (χ1) is 20.2. The Morgan fingerprint density at radius 3 is 2.67 bits per heavy atom. The highest BCUT2D eigenvalue weighted by Crippen LogP contribution is 2.41. The average Bonchev–Trinajstić information content (AvgIpc) is 3.63. The summed E-state index contributed by atoms with van der Waals surface area (Å²) in [5.74, 6) is 1.29. The van der Waals surface area contributed by atoms with Crippen LogP contribution in [0.15, 0.2) is 61.4 Å². The van der Waals surface area contributed by atoms with Gasteiger partial charge in [0.25, 0.3) is 0 Å². The number of fused-ring (bicyclic) bond motifs is 2. The molecule has 0 saturated heterocycles. The number of hydrogen-bond donors (Lipinski definition) is 1. The van der Waals surface area contributed by atoms with E-state index in [2.05, 4.69) is 45.6 Å². The molecule has 5 aromatic rings. The van der Waals surface area contributed by atoms with Crippen molar-refractivity contribution in [3.63, 3.8) is 0 Å². The van der Waals surface area contributed by atoms with E-state index >= 15 is 0 Å². The van der Waals surface area contributed by atoms with Crippen LogP contribution in [0.4, 0.5) is 0 Å². The summed E-state index contributed by atoms with van der Waals surface area (Å²) in [6, 6.07) is 11.0. The number of pyridine rings is 2. The first kappa shape index (κ1) is 28.5. The van der Waals surface area contributed by atoms with E-state index in [0.29, 0.717) is 42.2 Å². The molecular weight excluding hydrogens is 570 g/mol. The first-order valence-corrected chi connectivity index (χ1v) is 18.1. The Morgan fingerprint density at radius 2 is 1.88 bits per heavy atom. The van der Waals surface area contributed by atoms with Gasteiger partial charge in [0.2, 0.25) is 0 Å². The van der Waals surface area contributed by atoms with Crippen molar-refractivity contribution in [2.24, 2.45) is 0 Å². The van der Waals surface area contributed by atoms with Crippen LogP contribution in [0.25, 0.3) is 33.1 Å². The standard InChI is InChI=1S/C31H34ClN5O4Si/c1-42(2,3)9-8-39-20-37-16-26(28-29(32)35-19-36-30(28)37)22-4-5-27-23(11-22)12-24(15-34-27)40-18-31(6-7-31)41-25-10-21(17-38)13-33-14-25/h4-5,10-16,19,38H,6-9,17-18,20H2,1-3H3. The fourth-order valence-electron chi connectivity index (χ4n) is 4.79. The van der Waals surface area contributed by atoms with Gasteiger partial charge in [-0.25, -0.2) is 9.97 Å². The van der Waals surface area contributed by atoms with Gasteiger partial charge >= 0.3 is 0 Å². The van der Waals surface area contributed by atoms with Crippen molar-refractivity contribution in [2.45, 2.75) is 57.5 Å². The van der Waals surface area contributed by atoms with Crippen LogP contribution in [-0.4, -0.2) is 56.5 Å². The van der Waals surface area contributed by atoms with Crippen LogP contribution in [-0.2, 0) is 18.1 Å². The van der Waals surface area contributed by atoms with Gasteiger partial charge in [0.15, 0.2) is 0 Å². The summed E-state index contributed by atoms with van der Waals surface area (Å²) >= 11 is 6.59. The zero-order valence-corrected chi connectivity index (χ0v) is 25.8. The van der Waals surface area contributed by atoms with E-state index in [9.17, 15) is 5.11 Å². The largest absolute Gasteiger partial charge is 0.488 e. The molecule has 0 radical (unpaired) electrons. The molecule has 1 aromatic carbocycles. The van der Waals surface area contributed by atoms with Crippen LogP contribution >= 0.6 is 11.6 Å². The number of aromatic nitrogens is 5. The Bertz CT molecular complexity index is 1730. The van der Waals surface area contributed by atoms with Gasteiger partial charge in [-0.1, -0.05) is 37.3 Å². The number of aliphatic hydroxyl groups excluding tert-OH is 1. The lowest BCUT2D eigenvalue weighted by Crippen LogP contribution is -2.27. The normalized spacial score (nSPS) is 14.4. The molecule has 6 rings (SSSR count). The summed E-state index contributed by atoms with van der Waals surface area (Å²) < 4.78 is 20.4. The Hall–Kier alpha value is -3.57. The fourth-order valence-corrected chi connectivity index (χ4v) is 5.78. The summed E-state index contributed by atoms with van der Waals surface area (Å²) in [6.45, 7) is 8.44. The molecule has 4 aromatic heterocycles.